The van der Waals surface area contributed by atoms with Crippen molar-refractivity contribution in [3.63, 3.8) is 0 Å². The molecule has 0 atom stereocenters. The molecule has 0 saturated carbocycles. The molecule has 1 aromatic carbocycles. The van der Waals surface area contributed by atoms with Crippen molar-refractivity contribution in [1.82, 2.24) is 9.97 Å². The highest BCUT2D eigenvalue weighted by molar-refractivity contribution is 7.23. The fourth-order valence-corrected chi connectivity index (χ4v) is 4.54. The van der Waals surface area contributed by atoms with Gasteiger partial charge in [0, 0.05) is 0 Å². The number of furan rings is 2. The van der Waals surface area contributed by atoms with Gasteiger partial charge in [-0.25, -0.2) is 9.97 Å². The summed E-state index contributed by atoms with van der Waals surface area (Å²) in [6, 6.07) is 12.0. The van der Waals surface area contributed by atoms with Gasteiger partial charge in [0.05, 0.1) is 20.4 Å². The molecule has 5 aromatic rings. The standard InChI is InChI=1S/C18H12N2O2S2/c1-9-3-5-13(21-9)17-19-11-7-16-12(8-15(11)23-17)20-18(24-16)14-6-4-10(2)22-14/h3-8H,1-2H3. The van der Waals surface area contributed by atoms with Crippen LogP contribution in [0.25, 0.3) is 42.0 Å². The Balaban J connectivity index is 1.64. The van der Waals surface area contributed by atoms with Gasteiger partial charge in [0.1, 0.15) is 11.5 Å². The molecule has 0 aliphatic heterocycles. The predicted molar refractivity (Wildman–Crippen MR) is 97.7 cm³/mol. The largest absolute Gasteiger partial charge is 0.459 e. The SMILES string of the molecule is Cc1ccc(-c2nc3cc4sc(-c5ccc(C)o5)nc4cc3s2)o1. The Morgan fingerprint density at radius 3 is 1.54 bits per heavy atom. The van der Waals surface area contributed by atoms with Crippen molar-refractivity contribution in [3.05, 3.63) is 47.9 Å². The molecule has 0 saturated heterocycles. The van der Waals surface area contributed by atoms with E-state index in [4.69, 9.17) is 18.8 Å². The lowest BCUT2D eigenvalue weighted by Gasteiger charge is -1.87. The number of benzene rings is 1. The summed E-state index contributed by atoms with van der Waals surface area (Å²) in [5.41, 5.74) is 1.95. The fraction of sp³-hybridized carbons (Fsp3) is 0.111. The molecule has 4 nitrogen and oxygen atoms in total. The summed E-state index contributed by atoms with van der Waals surface area (Å²) < 4.78 is 13.6. The number of rotatable bonds is 2. The van der Waals surface area contributed by atoms with Crippen LogP contribution in [0.4, 0.5) is 0 Å². The fourth-order valence-electron chi connectivity index (χ4n) is 2.66. The average molecular weight is 352 g/mol. The van der Waals surface area contributed by atoms with Gasteiger partial charge in [-0.05, 0) is 50.2 Å². The molecule has 6 heteroatoms. The minimum atomic E-state index is 0.816. The second-order valence-electron chi connectivity index (χ2n) is 5.65. The van der Waals surface area contributed by atoms with Crippen molar-refractivity contribution in [2.75, 3.05) is 0 Å². The first kappa shape index (κ1) is 13.9. The topological polar surface area (TPSA) is 52.1 Å². The van der Waals surface area contributed by atoms with Gasteiger partial charge >= 0.3 is 0 Å². The minimum absolute atomic E-state index is 0.816. The highest BCUT2D eigenvalue weighted by atomic mass is 32.1. The Morgan fingerprint density at radius 2 is 1.17 bits per heavy atom. The van der Waals surface area contributed by atoms with Crippen molar-refractivity contribution in [3.8, 4) is 21.5 Å². The second kappa shape index (κ2) is 5.03. The monoisotopic (exact) mass is 352 g/mol. The second-order valence-corrected chi connectivity index (χ2v) is 7.71. The van der Waals surface area contributed by atoms with Gasteiger partial charge in [-0.3, -0.25) is 0 Å². The smallest absolute Gasteiger partial charge is 0.162 e. The first-order valence-electron chi connectivity index (χ1n) is 7.50. The van der Waals surface area contributed by atoms with Crippen LogP contribution in [0.5, 0.6) is 0 Å². The maximum Gasteiger partial charge on any atom is 0.162 e. The third-order valence-corrected chi connectivity index (χ3v) is 5.87. The molecule has 0 spiro atoms. The molecule has 0 amide bonds. The first-order valence-corrected chi connectivity index (χ1v) is 9.14. The van der Waals surface area contributed by atoms with Gasteiger partial charge in [-0.15, -0.1) is 22.7 Å². The predicted octanol–water partition coefficient (Wildman–Crippen LogP) is 6.04. The molecular formula is C18H12N2O2S2. The third kappa shape index (κ3) is 2.18. The average Bonchev–Trinajstić information content (AvgIpc) is 3.29. The van der Waals surface area contributed by atoms with Crippen LogP contribution in [0.1, 0.15) is 11.5 Å². The molecule has 118 valence electrons. The van der Waals surface area contributed by atoms with Crippen LogP contribution in [0.15, 0.2) is 45.2 Å². The molecular weight excluding hydrogens is 340 g/mol. The van der Waals surface area contributed by atoms with Crippen molar-refractivity contribution in [1.29, 1.82) is 0 Å². The molecule has 0 N–H and O–H groups in total. The van der Waals surface area contributed by atoms with E-state index in [-0.39, 0.29) is 0 Å². The summed E-state index contributed by atoms with van der Waals surface area (Å²) in [5.74, 6) is 3.42. The van der Waals surface area contributed by atoms with Gasteiger partial charge < -0.3 is 8.83 Å². The Labute approximate surface area is 145 Å². The van der Waals surface area contributed by atoms with Gasteiger partial charge in [0.25, 0.3) is 0 Å². The summed E-state index contributed by atoms with van der Waals surface area (Å²) in [4.78, 5) is 9.43. The van der Waals surface area contributed by atoms with E-state index in [9.17, 15) is 0 Å². The Bertz CT molecular complexity index is 1050. The van der Waals surface area contributed by atoms with E-state index in [2.05, 4.69) is 12.1 Å². The van der Waals surface area contributed by atoms with Crippen LogP contribution in [-0.2, 0) is 0 Å². The number of aryl methyl sites for hydroxylation is 2. The molecule has 24 heavy (non-hydrogen) atoms. The van der Waals surface area contributed by atoms with E-state index < -0.39 is 0 Å². The van der Waals surface area contributed by atoms with E-state index >= 15 is 0 Å². The molecule has 0 unspecified atom stereocenters. The zero-order valence-corrected chi connectivity index (χ0v) is 14.6. The molecule has 0 aliphatic carbocycles. The van der Waals surface area contributed by atoms with Crippen molar-refractivity contribution >= 4 is 43.1 Å². The minimum Gasteiger partial charge on any atom is -0.459 e. The molecule has 0 radical (unpaired) electrons. The molecule has 4 aromatic heterocycles. The maximum atomic E-state index is 5.68. The lowest BCUT2D eigenvalue weighted by molar-refractivity contribution is 0.547. The van der Waals surface area contributed by atoms with Gasteiger partial charge in [-0.1, -0.05) is 0 Å². The van der Waals surface area contributed by atoms with Gasteiger partial charge in [-0.2, -0.15) is 0 Å². The Hall–Kier alpha value is -2.44. The van der Waals surface area contributed by atoms with Crippen molar-refractivity contribution in [2.24, 2.45) is 0 Å². The summed E-state index contributed by atoms with van der Waals surface area (Å²) in [5, 5.41) is 1.80. The number of fused-ring (bicyclic) bond motifs is 2. The normalized spacial score (nSPS) is 11.8. The van der Waals surface area contributed by atoms with Crippen molar-refractivity contribution < 1.29 is 8.83 Å². The van der Waals surface area contributed by atoms with E-state index in [1.807, 2.05) is 38.1 Å². The number of hydrogen-bond acceptors (Lipinski definition) is 6. The molecule has 0 fully saturated rings. The van der Waals surface area contributed by atoms with E-state index in [0.717, 1.165) is 53.5 Å². The molecule has 0 aliphatic rings. The summed E-state index contributed by atoms with van der Waals surface area (Å²) in [6.07, 6.45) is 0. The first-order chi connectivity index (χ1) is 11.7. The van der Waals surface area contributed by atoms with Crippen LogP contribution in [0, 0.1) is 13.8 Å². The van der Waals surface area contributed by atoms with E-state index in [1.165, 1.54) is 0 Å². The Kier molecular flexibility index (Phi) is 2.92. The summed E-state index contributed by atoms with van der Waals surface area (Å²) >= 11 is 3.25. The Morgan fingerprint density at radius 1 is 0.708 bits per heavy atom. The van der Waals surface area contributed by atoms with Gasteiger partial charge in [0.15, 0.2) is 21.5 Å². The zero-order valence-electron chi connectivity index (χ0n) is 13.0. The highest BCUT2D eigenvalue weighted by Crippen LogP contribution is 2.37. The number of nitrogens with zero attached hydrogens (tertiary/aromatic N) is 2. The van der Waals surface area contributed by atoms with Crippen LogP contribution in [0.2, 0.25) is 0 Å². The van der Waals surface area contributed by atoms with Crippen LogP contribution < -0.4 is 0 Å². The van der Waals surface area contributed by atoms with Gasteiger partial charge in [0.2, 0.25) is 0 Å². The third-order valence-electron chi connectivity index (χ3n) is 3.80. The lowest BCUT2D eigenvalue weighted by atomic mass is 10.3. The lowest BCUT2D eigenvalue weighted by Crippen LogP contribution is -1.72. The van der Waals surface area contributed by atoms with Crippen LogP contribution >= 0.6 is 22.7 Å². The number of aromatic nitrogens is 2. The van der Waals surface area contributed by atoms with Crippen LogP contribution in [0.3, 0.4) is 0 Å². The zero-order chi connectivity index (χ0) is 16.3. The number of thiazole rings is 2. The quantitative estimate of drug-likeness (QED) is 0.388. The van der Waals surface area contributed by atoms with E-state index in [0.29, 0.717) is 0 Å². The molecule has 5 rings (SSSR count). The highest BCUT2D eigenvalue weighted by Gasteiger charge is 2.14. The molecule has 0 bridgehead atoms. The maximum absolute atomic E-state index is 5.68. The summed E-state index contributed by atoms with van der Waals surface area (Å²) in [6.45, 7) is 3.88. The summed E-state index contributed by atoms with van der Waals surface area (Å²) in [7, 11) is 0. The van der Waals surface area contributed by atoms with Crippen LogP contribution in [-0.4, -0.2) is 9.97 Å². The van der Waals surface area contributed by atoms with Crippen molar-refractivity contribution in [2.45, 2.75) is 13.8 Å². The van der Waals surface area contributed by atoms with E-state index in [1.54, 1.807) is 22.7 Å². The number of hydrogen-bond donors (Lipinski definition) is 0. The molecule has 4 heterocycles.